The summed E-state index contributed by atoms with van der Waals surface area (Å²) in [5.41, 5.74) is 0. The molecule has 50 heavy (non-hydrogen) atoms. The largest absolute Gasteiger partial charge is 0.457 e. The van der Waals surface area contributed by atoms with E-state index in [-0.39, 0.29) is 19.2 Å². The van der Waals surface area contributed by atoms with Crippen molar-refractivity contribution in [3.63, 3.8) is 0 Å². The van der Waals surface area contributed by atoms with Crippen LogP contribution in [0.15, 0.2) is 0 Å². The Bertz CT molecular complexity index is 737. The van der Waals surface area contributed by atoms with Gasteiger partial charge in [0.15, 0.2) is 0 Å². The Labute approximate surface area is 307 Å². The highest BCUT2D eigenvalue weighted by molar-refractivity contribution is 5.69. The van der Waals surface area contributed by atoms with E-state index in [0.29, 0.717) is 18.9 Å². The molecule has 6 unspecified atom stereocenters. The second kappa shape index (κ2) is 32.8. The molecule has 0 amide bonds. The Morgan fingerprint density at radius 2 is 0.920 bits per heavy atom. The zero-order valence-corrected chi connectivity index (χ0v) is 32.9. The van der Waals surface area contributed by atoms with Gasteiger partial charge in [0.1, 0.15) is 36.6 Å². The number of ether oxygens (including phenoxy) is 3. The van der Waals surface area contributed by atoms with Crippen molar-refractivity contribution >= 4 is 5.97 Å². The van der Waals surface area contributed by atoms with Crippen molar-refractivity contribution in [1.82, 2.24) is 0 Å². The highest BCUT2D eigenvalue weighted by Crippen LogP contribution is 2.25. The molecular weight excluding hydrogens is 632 g/mol. The summed E-state index contributed by atoms with van der Waals surface area (Å²) in [5, 5.41) is 40.2. The lowest BCUT2D eigenvalue weighted by atomic mass is 9.99. The second-order valence-corrected chi connectivity index (χ2v) is 15.5. The Morgan fingerprint density at radius 1 is 0.520 bits per heavy atom. The summed E-state index contributed by atoms with van der Waals surface area (Å²) in [5.74, 6) is 0.247. The molecule has 6 atom stereocenters. The minimum atomic E-state index is -1.49. The van der Waals surface area contributed by atoms with Gasteiger partial charge in [-0.15, -0.1) is 0 Å². The van der Waals surface area contributed by atoms with Crippen molar-refractivity contribution in [1.29, 1.82) is 0 Å². The van der Waals surface area contributed by atoms with Gasteiger partial charge in [-0.3, -0.25) is 4.79 Å². The maximum absolute atomic E-state index is 12.7. The number of rotatable bonds is 36. The van der Waals surface area contributed by atoms with Gasteiger partial charge in [-0.25, -0.2) is 0 Å². The molecule has 0 aromatic heterocycles. The molecule has 1 rings (SSSR count). The first kappa shape index (κ1) is 47.3. The Hall–Kier alpha value is -0.770. The predicted molar refractivity (Wildman–Crippen MR) is 204 cm³/mol. The smallest absolute Gasteiger partial charge is 0.306 e. The van der Waals surface area contributed by atoms with Crippen molar-refractivity contribution in [2.75, 3.05) is 19.8 Å². The lowest BCUT2D eigenvalue weighted by Gasteiger charge is -2.24. The molecule has 0 aromatic carbocycles. The molecule has 4 N–H and O–H groups in total. The first-order valence-electron chi connectivity index (χ1n) is 21.4. The summed E-state index contributed by atoms with van der Waals surface area (Å²) in [6.45, 7) is 7.39. The van der Waals surface area contributed by atoms with Gasteiger partial charge in [0.25, 0.3) is 0 Å². The van der Waals surface area contributed by atoms with E-state index in [1.165, 1.54) is 148 Å². The standard InChI is InChI=1S/C42H82O8/c1-4-6-8-10-12-14-16-17-18-20-22-24-26-28-30-37(43)50-36(34-49-42-40(46)38(44)39(45)41(42)47)33-48-32-31-35(3)29-27-25-23-21-19-15-13-11-9-7-5-2/h35-36,38-42,44-47H,4-34H2,1-3H3. The highest BCUT2D eigenvalue weighted by Gasteiger charge is 2.49. The minimum Gasteiger partial charge on any atom is -0.457 e. The van der Waals surface area contributed by atoms with E-state index >= 15 is 0 Å². The third-order valence-electron chi connectivity index (χ3n) is 10.6. The fraction of sp³-hybridized carbons (Fsp3) is 0.976. The van der Waals surface area contributed by atoms with Crippen molar-refractivity contribution in [3.05, 3.63) is 0 Å². The maximum Gasteiger partial charge on any atom is 0.306 e. The van der Waals surface area contributed by atoms with Gasteiger partial charge < -0.3 is 34.6 Å². The molecule has 0 heterocycles. The third kappa shape index (κ3) is 24.5. The van der Waals surface area contributed by atoms with Gasteiger partial charge in [-0.05, 0) is 18.8 Å². The first-order valence-corrected chi connectivity index (χ1v) is 21.4. The lowest BCUT2D eigenvalue weighted by molar-refractivity contribution is -0.163. The number of esters is 1. The van der Waals surface area contributed by atoms with Gasteiger partial charge in [0, 0.05) is 13.0 Å². The van der Waals surface area contributed by atoms with Crippen LogP contribution in [0.1, 0.15) is 201 Å². The van der Waals surface area contributed by atoms with Crippen LogP contribution in [-0.4, -0.2) is 82.8 Å². The van der Waals surface area contributed by atoms with Gasteiger partial charge in [-0.1, -0.05) is 181 Å². The van der Waals surface area contributed by atoms with Crippen LogP contribution in [-0.2, 0) is 19.0 Å². The second-order valence-electron chi connectivity index (χ2n) is 15.5. The topological polar surface area (TPSA) is 126 Å². The van der Waals surface area contributed by atoms with E-state index in [1.54, 1.807) is 0 Å². The lowest BCUT2D eigenvalue weighted by Crippen LogP contribution is -2.39. The van der Waals surface area contributed by atoms with Gasteiger partial charge in [-0.2, -0.15) is 0 Å². The van der Waals surface area contributed by atoms with Crippen LogP contribution in [0.2, 0.25) is 0 Å². The molecule has 0 aliphatic heterocycles. The van der Waals surface area contributed by atoms with Crippen LogP contribution in [0.25, 0.3) is 0 Å². The number of aliphatic hydroxyl groups is 4. The zero-order valence-electron chi connectivity index (χ0n) is 32.9. The molecule has 0 bridgehead atoms. The average Bonchev–Trinajstić information content (AvgIpc) is 3.29. The van der Waals surface area contributed by atoms with Crippen LogP contribution in [0.3, 0.4) is 0 Å². The van der Waals surface area contributed by atoms with E-state index in [4.69, 9.17) is 14.2 Å². The number of hydrogen-bond acceptors (Lipinski definition) is 8. The Kier molecular flexibility index (Phi) is 31.0. The molecule has 1 aliphatic rings. The van der Waals surface area contributed by atoms with Crippen LogP contribution >= 0.6 is 0 Å². The van der Waals surface area contributed by atoms with Crippen molar-refractivity contribution < 1.29 is 39.4 Å². The maximum atomic E-state index is 12.7. The summed E-state index contributed by atoms with van der Waals surface area (Å²) in [7, 11) is 0. The summed E-state index contributed by atoms with van der Waals surface area (Å²) < 4.78 is 17.3. The molecule has 0 spiro atoms. The van der Waals surface area contributed by atoms with Crippen LogP contribution < -0.4 is 0 Å². The molecule has 1 aliphatic carbocycles. The fourth-order valence-electron chi connectivity index (χ4n) is 7.04. The summed E-state index contributed by atoms with van der Waals surface area (Å²) in [6, 6.07) is 0. The SMILES string of the molecule is CCCCCCCCCCCCCCCCC(=O)OC(COCCC(C)CCCCCCCCCCCCC)COC1C(O)C(O)C(O)C1O. The molecule has 8 heteroatoms. The number of carbonyl (C=O) groups excluding carboxylic acids is 1. The molecule has 0 aromatic rings. The van der Waals surface area contributed by atoms with Crippen LogP contribution in [0.4, 0.5) is 0 Å². The fourth-order valence-corrected chi connectivity index (χ4v) is 7.04. The molecular formula is C42H82O8. The molecule has 0 radical (unpaired) electrons. The number of hydrogen-bond donors (Lipinski definition) is 4. The van der Waals surface area contributed by atoms with Crippen LogP contribution in [0, 0.1) is 5.92 Å². The predicted octanol–water partition coefficient (Wildman–Crippen LogP) is 9.36. The van der Waals surface area contributed by atoms with Gasteiger partial charge in [0.2, 0.25) is 0 Å². The van der Waals surface area contributed by atoms with E-state index in [0.717, 1.165) is 25.7 Å². The monoisotopic (exact) mass is 715 g/mol. The Morgan fingerprint density at radius 3 is 1.36 bits per heavy atom. The minimum absolute atomic E-state index is 0.100. The number of unbranched alkanes of at least 4 members (excludes halogenated alkanes) is 23. The average molecular weight is 715 g/mol. The van der Waals surface area contributed by atoms with Gasteiger partial charge in [0.05, 0.1) is 13.2 Å². The quantitative estimate of drug-likeness (QED) is 0.0374. The number of aliphatic hydroxyl groups excluding tert-OH is 4. The highest BCUT2D eigenvalue weighted by atomic mass is 16.6. The normalized spacial score (nSPS) is 21.9. The van der Waals surface area contributed by atoms with Gasteiger partial charge >= 0.3 is 5.97 Å². The van der Waals surface area contributed by atoms with E-state index in [2.05, 4.69) is 20.8 Å². The molecule has 0 saturated heterocycles. The first-order chi connectivity index (χ1) is 24.3. The summed E-state index contributed by atoms with van der Waals surface area (Å²) in [4.78, 5) is 12.7. The van der Waals surface area contributed by atoms with Crippen molar-refractivity contribution in [3.8, 4) is 0 Å². The molecule has 8 nitrogen and oxygen atoms in total. The Balaban J connectivity index is 2.25. The third-order valence-corrected chi connectivity index (χ3v) is 10.6. The van der Waals surface area contributed by atoms with Crippen LogP contribution in [0.5, 0.6) is 0 Å². The van der Waals surface area contributed by atoms with E-state index < -0.39 is 36.6 Å². The summed E-state index contributed by atoms with van der Waals surface area (Å²) in [6.07, 6.45) is 27.1. The van der Waals surface area contributed by atoms with Crippen molar-refractivity contribution in [2.24, 2.45) is 5.92 Å². The zero-order chi connectivity index (χ0) is 36.7. The number of carbonyl (C=O) groups is 1. The molecule has 1 saturated carbocycles. The van der Waals surface area contributed by atoms with E-state index in [9.17, 15) is 25.2 Å². The molecule has 298 valence electrons. The molecule has 1 fully saturated rings. The van der Waals surface area contributed by atoms with E-state index in [1.807, 2.05) is 0 Å². The summed E-state index contributed by atoms with van der Waals surface area (Å²) >= 11 is 0. The van der Waals surface area contributed by atoms with Crippen molar-refractivity contribution in [2.45, 2.75) is 237 Å².